The van der Waals surface area contributed by atoms with Crippen molar-refractivity contribution in [1.29, 1.82) is 0 Å². The van der Waals surface area contributed by atoms with Crippen LogP contribution in [0, 0.1) is 12.3 Å². The lowest BCUT2D eigenvalue weighted by Crippen LogP contribution is -2.47. The smallest absolute Gasteiger partial charge is 0.227 e. The fourth-order valence-corrected chi connectivity index (χ4v) is 2.42. The van der Waals surface area contributed by atoms with Crippen LogP contribution in [0.1, 0.15) is 31.1 Å². The number of rotatable bonds is 7. The van der Waals surface area contributed by atoms with Gasteiger partial charge in [0.2, 0.25) is 5.91 Å². The number of nitrogens with zero attached hydrogens (tertiary/aromatic N) is 4. The molecule has 0 aliphatic rings. The van der Waals surface area contributed by atoms with Gasteiger partial charge in [0.05, 0.1) is 18.5 Å². The van der Waals surface area contributed by atoms with Crippen molar-refractivity contribution in [2.45, 2.75) is 33.9 Å². The maximum atomic E-state index is 12.0. The maximum absolute atomic E-state index is 12.0. The molecular weight excluding hydrogens is 469 g/mol. The fourth-order valence-electron chi connectivity index (χ4n) is 2.42. The molecule has 1 amide bonds. The summed E-state index contributed by atoms with van der Waals surface area (Å²) in [6, 6.07) is 10.0. The lowest BCUT2D eigenvalue weighted by molar-refractivity contribution is -0.128. The number of carbonyl (C=O) groups is 1. The second-order valence-corrected chi connectivity index (χ2v) is 7.04. The molecule has 0 fully saturated rings. The molecule has 2 aromatic rings. The van der Waals surface area contributed by atoms with E-state index >= 15 is 0 Å². The summed E-state index contributed by atoms with van der Waals surface area (Å²) in [5, 5.41) is 17.5. The van der Waals surface area contributed by atoms with Gasteiger partial charge in [-0.25, -0.2) is 4.99 Å². The molecule has 0 saturated carbocycles. The van der Waals surface area contributed by atoms with Crippen molar-refractivity contribution in [2.75, 3.05) is 13.6 Å². The Balaban J connectivity index is 0.00000392. The van der Waals surface area contributed by atoms with Crippen LogP contribution in [0.5, 0.6) is 0 Å². The van der Waals surface area contributed by atoms with Crippen molar-refractivity contribution in [2.24, 2.45) is 17.5 Å². The van der Waals surface area contributed by atoms with Gasteiger partial charge in [-0.3, -0.25) is 4.79 Å². The molecule has 1 aromatic carbocycles. The van der Waals surface area contributed by atoms with Gasteiger partial charge in [-0.15, -0.1) is 34.2 Å². The second kappa shape index (κ2) is 11.0. The van der Waals surface area contributed by atoms with E-state index < -0.39 is 5.41 Å². The molecule has 8 nitrogen and oxygen atoms in total. The first-order valence-electron chi connectivity index (χ1n) is 8.96. The van der Waals surface area contributed by atoms with Gasteiger partial charge in [-0.1, -0.05) is 30.3 Å². The third-order valence-electron chi connectivity index (χ3n) is 4.40. The summed E-state index contributed by atoms with van der Waals surface area (Å²) in [7, 11) is 3.57. The lowest BCUT2D eigenvalue weighted by Gasteiger charge is -2.24. The van der Waals surface area contributed by atoms with Crippen molar-refractivity contribution in [1.82, 2.24) is 30.7 Å². The Bertz CT molecular complexity index is 787. The average molecular weight is 499 g/mol. The van der Waals surface area contributed by atoms with Gasteiger partial charge < -0.3 is 20.5 Å². The minimum absolute atomic E-state index is 0. The van der Waals surface area contributed by atoms with Crippen molar-refractivity contribution in [3.8, 4) is 0 Å². The number of carbonyl (C=O) groups excluding carboxylic acids is 1. The number of aliphatic imine (C=N–C) groups is 1. The van der Waals surface area contributed by atoms with Crippen LogP contribution >= 0.6 is 24.0 Å². The number of hydrogen-bond donors (Lipinski definition) is 3. The number of aryl methyl sites for hydroxylation is 1. The SMILES string of the molecule is CNC(=O)C(C)(C)CNC(=NCc1ccccc1)NCc1nnc(C)n1C.I. The first kappa shape index (κ1) is 23.9. The Kier molecular flexibility index (Phi) is 9.36. The molecule has 0 atom stereocenters. The summed E-state index contributed by atoms with van der Waals surface area (Å²) < 4.78 is 1.93. The van der Waals surface area contributed by atoms with Gasteiger partial charge in [0.1, 0.15) is 5.82 Å². The quantitative estimate of drug-likeness (QED) is 0.307. The Morgan fingerprint density at radius 3 is 2.43 bits per heavy atom. The molecule has 0 radical (unpaired) electrons. The van der Waals surface area contributed by atoms with E-state index in [0.717, 1.165) is 17.2 Å². The number of guanidine groups is 1. The van der Waals surface area contributed by atoms with Crippen LogP contribution in [0.3, 0.4) is 0 Å². The predicted octanol–water partition coefficient (Wildman–Crippen LogP) is 1.75. The zero-order valence-electron chi connectivity index (χ0n) is 17.1. The van der Waals surface area contributed by atoms with E-state index in [9.17, 15) is 4.79 Å². The molecule has 0 aliphatic heterocycles. The minimum atomic E-state index is -0.564. The number of benzene rings is 1. The average Bonchev–Trinajstić information content (AvgIpc) is 2.99. The summed E-state index contributed by atoms with van der Waals surface area (Å²) in [4.78, 5) is 16.7. The summed E-state index contributed by atoms with van der Waals surface area (Å²) in [5.41, 5.74) is 0.546. The van der Waals surface area contributed by atoms with Gasteiger partial charge in [-0.2, -0.15) is 0 Å². The zero-order chi connectivity index (χ0) is 19.9. The molecule has 9 heteroatoms. The molecule has 0 saturated heterocycles. The van der Waals surface area contributed by atoms with Crippen molar-refractivity contribution in [3.05, 3.63) is 47.5 Å². The Morgan fingerprint density at radius 2 is 1.86 bits per heavy atom. The first-order valence-corrected chi connectivity index (χ1v) is 8.96. The summed E-state index contributed by atoms with van der Waals surface area (Å²) in [6.45, 7) is 7.16. The molecule has 0 aliphatic carbocycles. The van der Waals surface area contributed by atoms with E-state index in [2.05, 4.69) is 31.1 Å². The topological polar surface area (TPSA) is 96.2 Å². The third kappa shape index (κ3) is 6.77. The molecule has 0 spiro atoms. The van der Waals surface area contributed by atoms with Crippen LogP contribution < -0.4 is 16.0 Å². The van der Waals surface area contributed by atoms with Gasteiger partial charge in [0.15, 0.2) is 11.8 Å². The molecular formula is C19H30IN7O. The Hall–Kier alpha value is -2.17. The summed E-state index contributed by atoms with van der Waals surface area (Å²) in [5.74, 6) is 2.26. The number of hydrogen-bond acceptors (Lipinski definition) is 4. The van der Waals surface area contributed by atoms with Crippen molar-refractivity contribution in [3.63, 3.8) is 0 Å². The molecule has 154 valence electrons. The molecule has 1 aromatic heterocycles. The van der Waals surface area contributed by atoms with Crippen LogP contribution in [0.15, 0.2) is 35.3 Å². The van der Waals surface area contributed by atoms with E-state index in [0.29, 0.717) is 25.6 Å². The summed E-state index contributed by atoms with van der Waals surface area (Å²) in [6.07, 6.45) is 0. The van der Waals surface area contributed by atoms with Crippen LogP contribution in [0.4, 0.5) is 0 Å². The van der Waals surface area contributed by atoms with Crippen LogP contribution in [-0.4, -0.2) is 40.2 Å². The highest BCUT2D eigenvalue weighted by Gasteiger charge is 2.26. The third-order valence-corrected chi connectivity index (χ3v) is 4.40. The normalized spacial score (nSPS) is 11.5. The highest BCUT2D eigenvalue weighted by Crippen LogP contribution is 2.13. The number of amides is 1. The predicted molar refractivity (Wildman–Crippen MR) is 121 cm³/mol. The minimum Gasteiger partial charge on any atom is -0.359 e. The Labute approximate surface area is 183 Å². The number of nitrogens with one attached hydrogen (secondary N) is 3. The molecule has 0 unspecified atom stereocenters. The fraction of sp³-hybridized carbons (Fsp3) is 0.474. The monoisotopic (exact) mass is 499 g/mol. The van der Waals surface area contributed by atoms with Crippen LogP contribution in [0.2, 0.25) is 0 Å². The lowest BCUT2D eigenvalue weighted by atomic mass is 9.92. The van der Waals surface area contributed by atoms with E-state index in [-0.39, 0.29) is 29.9 Å². The standard InChI is InChI=1S/C19H29N7O.HI/c1-14-24-25-16(26(14)5)12-22-18(21-11-15-9-7-6-8-10-15)23-13-19(2,3)17(27)20-4;/h6-10H,11-13H2,1-5H3,(H,20,27)(H2,21,22,23);1H. The molecule has 0 bridgehead atoms. The van der Waals surface area contributed by atoms with E-state index in [1.807, 2.05) is 62.7 Å². The molecule has 3 N–H and O–H groups in total. The zero-order valence-corrected chi connectivity index (χ0v) is 19.4. The largest absolute Gasteiger partial charge is 0.359 e. The van der Waals surface area contributed by atoms with E-state index in [1.165, 1.54) is 0 Å². The van der Waals surface area contributed by atoms with Gasteiger partial charge in [-0.05, 0) is 26.3 Å². The number of aromatic nitrogens is 3. The highest BCUT2D eigenvalue weighted by molar-refractivity contribution is 14.0. The van der Waals surface area contributed by atoms with Crippen molar-refractivity contribution < 1.29 is 4.79 Å². The maximum Gasteiger partial charge on any atom is 0.227 e. The van der Waals surface area contributed by atoms with Gasteiger partial charge in [0.25, 0.3) is 0 Å². The van der Waals surface area contributed by atoms with Gasteiger partial charge in [0, 0.05) is 20.6 Å². The Morgan fingerprint density at radius 1 is 1.18 bits per heavy atom. The van der Waals surface area contributed by atoms with E-state index in [4.69, 9.17) is 0 Å². The molecule has 1 heterocycles. The number of halogens is 1. The van der Waals surface area contributed by atoms with Crippen LogP contribution in [-0.2, 0) is 24.9 Å². The second-order valence-electron chi connectivity index (χ2n) is 7.04. The van der Waals surface area contributed by atoms with E-state index in [1.54, 1.807) is 7.05 Å². The summed E-state index contributed by atoms with van der Waals surface area (Å²) >= 11 is 0. The van der Waals surface area contributed by atoms with Crippen LogP contribution in [0.25, 0.3) is 0 Å². The van der Waals surface area contributed by atoms with Gasteiger partial charge >= 0.3 is 0 Å². The van der Waals surface area contributed by atoms with Crippen molar-refractivity contribution >= 4 is 35.8 Å². The molecule has 28 heavy (non-hydrogen) atoms. The highest BCUT2D eigenvalue weighted by atomic mass is 127. The first-order chi connectivity index (χ1) is 12.8. The molecule has 2 rings (SSSR count).